The largest absolute Gasteiger partial charge is 0.481 e. The highest BCUT2D eigenvalue weighted by molar-refractivity contribution is 7.89. The van der Waals surface area contributed by atoms with Crippen molar-refractivity contribution in [1.82, 2.24) is 9.62 Å². The number of hydrogen-bond acceptors (Lipinski definition) is 4. The molecule has 1 fully saturated rings. The third kappa shape index (κ3) is 4.07. The number of nitrogens with zero attached hydrogens (tertiary/aromatic N) is 1. The van der Waals surface area contributed by atoms with E-state index in [0.717, 1.165) is 0 Å². The number of nitrogens with one attached hydrogen (secondary N) is 1. The van der Waals surface area contributed by atoms with E-state index in [1.54, 1.807) is 0 Å². The molecule has 94 valence electrons. The molecule has 0 amide bonds. The Hall–Kier alpha value is -0.660. The van der Waals surface area contributed by atoms with Gasteiger partial charge in [-0.2, -0.15) is 4.31 Å². The van der Waals surface area contributed by atoms with Crippen molar-refractivity contribution in [2.75, 3.05) is 25.4 Å². The summed E-state index contributed by atoms with van der Waals surface area (Å²) in [5, 5.41) is 11.6. The van der Waals surface area contributed by atoms with Gasteiger partial charge in [-0.1, -0.05) is 0 Å². The average molecular weight is 250 g/mol. The van der Waals surface area contributed by atoms with Crippen LogP contribution in [-0.4, -0.2) is 55.2 Å². The monoisotopic (exact) mass is 250 g/mol. The molecule has 0 unspecified atom stereocenters. The second kappa shape index (κ2) is 5.60. The van der Waals surface area contributed by atoms with Crippen molar-refractivity contribution in [2.45, 2.75) is 25.8 Å². The van der Waals surface area contributed by atoms with Crippen LogP contribution in [0, 0.1) is 0 Å². The minimum absolute atomic E-state index is 0.0774. The van der Waals surface area contributed by atoms with Crippen molar-refractivity contribution >= 4 is 16.0 Å². The van der Waals surface area contributed by atoms with Gasteiger partial charge in [0.2, 0.25) is 10.0 Å². The minimum Gasteiger partial charge on any atom is -0.481 e. The third-order valence-electron chi connectivity index (χ3n) is 2.52. The molecule has 6 nitrogen and oxygen atoms in total. The van der Waals surface area contributed by atoms with Gasteiger partial charge in [0.25, 0.3) is 0 Å². The first-order valence-corrected chi connectivity index (χ1v) is 6.96. The third-order valence-corrected chi connectivity index (χ3v) is 4.44. The number of hydrogen-bond donors (Lipinski definition) is 2. The summed E-state index contributed by atoms with van der Waals surface area (Å²) in [7, 11) is -3.28. The van der Waals surface area contributed by atoms with E-state index in [4.69, 9.17) is 5.11 Å². The molecule has 1 saturated heterocycles. The Bertz CT molecular complexity index is 341. The summed E-state index contributed by atoms with van der Waals surface area (Å²) < 4.78 is 25.1. The summed E-state index contributed by atoms with van der Waals surface area (Å²) in [6, 6.07) is 0.156. The molecule has 1 atom stereocenters. The highest BCUT2D eigenvalue weighted by Crippen LogP contribution is 2.08. The predicted molar refractivity (Wildman–Crippen MR) is 59.7 cm³/mol. The molecule has 0 aromatic carbocycles. The average Bonchev–Trinajstić information content (AvgIpc) is 2.16. The number of carbonyl (C=O) groups is 1. The topological polar surface area (TPSA) is 86.7 Å². The van der Waals surface area contributed by atoms with Crippen LogP contribution >= 0.6 is 0 Å². The van der Waals surface area contributed by atoms with Crippen LogP contribution in [0.3, 0.4) is 0 Å². The summed E-state index contributed by atoms with van der Waals surface area (Å²) in [6.07, 6.45) is 0.0802. The quantitative estimate of drug-likeness (QED) is 0.685. The van der Waals surface area contributed by atoms with E-state index in [9.17, 15) is 13.2 Å². The molecule has 16 heavy (non-hydrogen) atoms. The normalized spacial score (nSPS) is 23.2. The van der Waals surface area contributed by atoms with Crippen LogP contribution in [0.25, 0.3) is 0 Å². The molecular formula is C9H18N2O4S. The molecular weight excluding hydrogens is 232 g/mol. The summed E-state index contributed by atoms with van der Waals surface area (Å²) >= 11 is 0. The van der Waals surface area contributed by atoms with Crippen molar-refractivity contribution in [3.05, 3.63) is 0 Å². The van der Waals surface area contributed by atoms with E-state index >= 15 is 0 Å². The summed E-state index contributed by atoms with van der Waals surface area (Å²) in [5.41, 5.74) is 0. The minimum atomic E-state index is -3.28. The molecule has 0 aromatic rings. The van der Waals surface area contributed by atoms with E-state index in [2.05, 4.69) is 5.32 Å². The fraction of sp³-hybridized carbons (Fsp3) is 0.889. The van der Waals surface area contributed by atoms with Gasteiger partial charge in [-0.3, -0.25) is 4.79 Å². The second-order valence-electron chi connectivity index (χ2n) is 4.03. The lowest BCUT2D eigenvalue weighted by Crippen LogP contribution is -2.51. The van der Waals surface area contributed by atoms with Crippen LogP contribution in [0.4, 0.5) is 0 Å². The van der Waals surface area contributed by atoms with E-state index in [1.807, 2.05) is 6.92 Å². The van der Waals surface area contributed by atoms with Gasteiger partial charge in [-0.05, 0) is 13.3 Å². The number of sulfonamides is 1. The van der Waals surface area contributed by atoms with Gasteiger partial charge in [0.1, 0.15) is 0 Å². The Kier molecular flexibility index (Phi) is 4.69. The number of rotatable bonds is 5. The number of piperazine rings is 1. The maximum absolute atomic E-state index is 11.8. The molecule has 1 aliphatic rings. The van der Waals surface area contributed by atoms with E-state index in [1.165, 1.54) is 4.31 Å². The van der Waals surface area contributed by atoms with Crippen LogP contribution in [0.2, 0.25) is 0 Å². The zero-order valence-electron chi connectivity index (χ0n) is 9.35. The molecule has 1 heterocycles. The van der Waals surface area contributed by atoms with Crippen LogP contribution in [0.15, 0.2) is 0 Å². The highest BCUT2D eigenvalue weighted by Gasteiger charge is 2.26. The van der Waals surface area contributed by atoms with Crippen molar-refractivity contribution in [1.29, 1.82) is 0 Å². The Balaban J connectivity index is 2.46. The fourth-order valence-electron chi connectivity index (χ4n) is 1.68. The smallest absolute Gasteiger partial charge is 0.303 e. The van der Waals surface area contributed by atoms with Crippen LogP contribution in [0.1, 0.15) is 19.8 Å². The molecule has 1 aliphatic heterocycles. The van der Waals surface area contributed by atoms with Gasteiger partial charge in [0.15, 0.2) is 0 Å². The van der Waals surface area contributed by atoms with Gasteiger partial charge >= 0.3 is 5.97 Å². The zero-order valence-corrected chi connectivity index (χ0v) is 10.2. The molecule has 0 bridgehead atoms. The van der Waals surface area contributed by atoms with Crippen molar-refractivity contribution in [2.24, 2.45) is 0 Å². The zero-order chi connectivity index (χ0) is 12.2. The Labute approximate surface area is 95.7 Å². The van der Waals surface area contributed by atoms with Crippen molar-refractivity contribution in [3.63, 3.8) is 0 Å². The lowest BCUT2D eigenvalue weighted by molar-refractivity contribution is -0.137. The van der Waals surface area contributed by atoms with Crippen molar-refractivity contribution in [3.8, 4) is 0 Å². The molecule has 0 aromatic heterocycles. The molecule has 2 N–H and O–H groups in total. The maximum Gasteiger partial charge on any atom is 0.303 e. The van der Waals surface area contributed by atoms with Gasteiger partial charge in [-0.25, -0.2) is 8.42 Å². The molecule has 0 spiro atoms. The number of carboxylic acids is 1. The van der Waals surface area contributed by atoms with E-state index < -0.39 is 16.0 Å². The van der Waals surface area contributed by atoms with Gasteiger partial charge in [0, 0.05) is 32.1 Å². The van der Waals surface area contributed by atoms with Crippen LogP contribution in [-0.2, 0) is 14.8 Å². The first-order valence-electron chi connectivity index (χ1n) is 5.35. The maximum atomic E-state index is 11.8. The molecule has 0 aliphatic carbocycles. The molecule has 7 heteroatoms. The highest BCUT2D eigenvalue weighted by atomic mass is 32.2. The summed E-state index contributed by atoms with van der Waals surface area (Å²) in [4.78, 5) is 10.3. The van der Waals surface area contributed by atoms with E-state index in [-0.39, 0.29) is 24.6 Å². The number of aliphatic carboxylic acids is 1. The first-order chi connectivity index (χ1) is 7.42. The molecule has 0 saturated carbocycles. The summed E-state index contributed by atoms with van der Waals surface area (Å²) in [5.74, 6) is -1.03. The predicted octanol–water partition coefficient (Wildman–Crippen LogP) is -0.525. The lowest BCUT2D eigenvalue weighted by Gasteiger charge is -2.30. The Morgan fingerprint density at radius 1 is 1.56 bits per heavy atom. The Morgan fingerprint density at radius 2 is 2.25 bits per heavy atom. The van der Waals surface area contributed by atoms with Gasteiger partial charge < -0.3 is 10.4 Å². The SMILES string of the molecule is C[C@H]1CN(S(=O)(=O)CCCC(=O)O)CCN1. The van der Waals surface area contributed by atoms with Crippen LogP contribution in [0.5, 0.6) is 0 Å². The summed E-state index contributed by atoms with van der Waals surface area (Å²) in [6.45, 7) is 3.52. The van der Waals surface area contributed by atoms with Gasteiger partial charge in [0.05, 0.1) is 5.75 Å². The Morgan fingerprint density at radius 3 is 2.81 bits per heavy atom. The fourth-order valence-corrected chi connectivity index (χ4v) is 3.27. The second-order valence-corrected chi connectivity index (χ2v) is 6.11. The molecule has 1 rings (SSSR count). The standard InChI is InChI=1S/C9H18N2O4S/c1-8-7-11(5-4-10-8)16(14,15)6-2-3-9(12)13/h8,10H,2-7H2,1H3,(H,12,13)/t8-/m0/s1. The lowest BCUT2D eigenvalue weighted by atomic mass is 10.3. The van der Waals surface area contributed by atoms with Crippen molar-refractivity contribution < 1.29 is 18.3 Å². The van der Waals surface area contributed by atoms with E-state index in [0.29, 0.717) is 19.6 Å². The first kappa shape index (κ1) is 13.4. The number of carboxylic acid groups (broad SMARTS) is 1. The van der Waals surface area contributed by atoms with Gasteiger partial charge in [-0.15, -0.1) is 0 Å². The molecule has 0 radical (unpaired) electrons. The van der Waals surface area contributed by atoms with Crippen LogP contribution < -0.4 is 5.32 Å².